The van der Waals surface area contributed by atoms with E-state index in [0.717, 1.165) is 5.56 Å². The molecular weight excluding hydrogens is 322 g/mol. The van der Waals surface area contributed by atoms with Crippen molar-refractivity contribution in [2.75, 3.05) is 25.5 Å². The maximum Gasteiger partial charge on any atom is 0.407 e. The van der Waals surface area contributed by atoms with Gasteiger partial charge < -0.3 is 20.3 Å². The van der Waals surface area contributed by atoms with Crippen LogP contribution in [0.1, 0.15) is 11.3 Å². The summed E-state index contributed by atoms with van der Waals surface area (Å²) in [6, 6.07) is 11.0. The number of amides is 2. The van der Waals surface area contributed by atoms with Gasteiger partial charge in [-0.05, 0) is 11.6 Å². The molecule has 0 fully saturated rings. The second-order valence-corrected chi connectivity index (χ2v) is 5.43. The summed E-state index contributed by atoms with van der Waals surface area (Å²) in [5, 5.41) is 5.08. The Bertz CT molecular complexity index is 706. The molecule has 2 amide bonds. The van der Waals surface area contributed by atoms with Crippen molar-refractivity contribution in [3.63, 3.8) is 0 Å². The number of anilines is 1. The van der Waals surface area contributed by atoms with Crippen LogP contribution >= 0.6 is 0 Å². The zero-order valence-electron chi connectivity index (χ0n) is 14.2. The summed E-state index contributed by atoms with van der Waals surface area (Å²) in [6.07, 6.45) is 0.985. The molecule has 0 spiro atoms. The lowest BCUT2D eigenvalue weighted by atomic mass is 10.2. The van der Waals surface area contributed by atoms with Gasteiger partial charge in [0, 0.05) is 20.3 Å². The van der Waals surface area contributed by atoms with Gasteiger partial charge >= 0.3 is 6.09 Å². The van der Waals surface area contributed by atoms with Crippen molar-refractivity contribution in [1.82, 2.24) is 20.6 Å². The zero-order chi connectivity index (χ0) is 18.1. The molecule has 0 saturated carbocycles. The lowest BCUT2D eigenvalue weighted by molar-refractivity contribution is -0.120. The van der Waals surface area contributed by atoms with Gasteiger partial charge in [-0.25, -0.2) is 14.8 Å². The Hall–Kier alpha value is -3.16. The first kappa shape index (κ1) is 18.2. The molecule has 0 saturated heterocycles. The van der Waals surface area contributed by atoms with Crippen molar-refractivity contribution in [3.8, 4) is 0 Å². The first-order chi connectivity index (χ1) is 12.0. The van der Waals surface area contributed by atoms with Gasteiger partial charge in [0.05, 0.1) is 12.2 Å². The number of aromatic nitrogens is 2. The van der Waals surface area contributed by atoms with Gasteiger partial charge in [-0.1, -0.05) is 30.3 Å². The Morgan fingerprint density at radius 1 is 1.12 bits per heavy atom. The van der Waals surface area contributed by atoms with E-state index in [-0.39, 0.29) is 25.6 Å². The van der Waals surface area contributed by atoms with Gasteiger partial charge in [0.1, 0.15) is 13.2 Å². The van der Waals surface area contributed by atoms with Crippen molar-refractivity contribution in [2.24, 2.45) is 0 Å². The van der Waals surface area contributed by atoms with E-state index in [0.29, 0.717) is 11.6 Å². The highest BCUT2D eigenvalue weighted by Crippen LogP contribution is 2.03. The molecule has 0 atom stereocenters. The van der Waals surface area contributed by atoms with E-state index >= 15 is 0 Å². The van der Waals surface area contributed by atoms with E-state index in [1.165, 1.54) is 0 Å². The second-order valence-electron chi connectivity index (χ2n) is 5.43. The highest BCUT2D eigenvalue weighted by Gasteiger charge is 2.07. The normalized spacial score (nSPS) is 10.0. The molecule has 2 rings (SSSR count). The third kappa shape index (κ3) is 6.46. The van der Waals surface area contributed by atoms with Crippen LogP contribution in [0.15, 0.2) is 42.6 Å². The van der Waals surface area contributed by atoms with E-state index in [1.54, 1.807) is 17.2 Å². The van der Waals surface area contributed by atoms with E-state index in [9.17, 15) is 9.59 Å². The Morgan fingerprint density at radius 3 is 2.60 bits per heavy atom. The van der Waals surface area contributed by atoms with Crippen LogP contribution in [0.3, 0.4) is 0 Å². The molecule has 1 aromatic carbocycles. The summed E-state index contributed by atoms with van der Waals surface area (Å²) in [4.78, 5) is 33.5. The summed E-state index contributed by atoms with van der Waals surface area (Å²) < 4.78 is 5.03. The first-order valence-electron chi connectivity index (χ1n) is 7.75. The molecule has 8 heteroatoms. The van der Waals surface area contributed by atoms with Gasteiger partial charge in [0.25, 0.3) is 0 Å². The van der Waals surface area contributed by atoms with Gasteiger partial charge in [-0.2, -0.15) is 0 Å². The maximum absolute atomic E-state index is 11.8. The predicted octanol–water partition coefficient (Wildman–Crippen LogP) is 1.09. The maximum atomic E-state index is 11.8. The average Bonchev–Trinajstić information content (AvgIpc) is 2.64. The van der Waals surface area contributed by atoms with Crippen molar-refractivity contribution in [3.05, 3.63) is 53.9 Å². The number of nitrogens with one attached hydrogen (secondary N) is 2. The van der Waals surface area contributed by atoms with Crippen LogP contribution in [0.2, 0.25) is 0 Å². The third-order valence-corrected chi connectivity index (χ3v) is 3.17. The van der Waals surface area contributed by atoms with Crippen LogP contribution in [0.5, 0.6) is 0 Å². The zero-order valence-corrected chi connectivity index (χ0v) is 14.2. The molecule has 0 aliphatic rings. The van der Waals surface area contributed by atoms with E-state index in [4.69, 9.17) is 4.74 Å². The first-order valence-corrected chi connectivity index (χ1v) is 7.75. The molecule has 132 valence electrons. The minimum absolute atomic E-state index is 0.155. The number of nitrogens with zero attached hydrogens (tertiary/aromatic N) is 3. The van der Waals surface area contributed by atoms with Crippen LogP contribution in [0, 0.1) is 0 Å². The van der Waals surface area contributed by atoms with Crippen LogP contribution in [-0.2, 0) is 22.7 Å². The van der Waals surface area contributed by atoms with Crippen LogP contribution in [0.4, 0.5) is 10.7 Å². The molecule has 25 heavy (non-hydrogen) atoms. The van der Waals surface area contributed by atoms with Gasteiger partial charge in [0.15, 0.2) is 0 Å². The monoisotopic (exact) mass is 343 g/mol. The third-order valence-electron chi connectivity index (χ3n) is 3.17. The van der Waals surface area contributed by atoms with Crippen LogP contribution in [0.25, 0.3) is 0 Å². The Balaban J connectivity index is 1.68. The van der Waals surface area contributed by atoms with Gasteiger partial charge in [-0.15, -0.1) is 0 Å². The summed E-state index contributed by atoms with van der Waals surface area (Å²) in [5.41, 5.74) is 1.56. The van der Waals surface area contributed by atoms with E-state index in [2.05, 4.69) is 20.6 Å². The summed E-state index contributed by atoms with van der Waals surface area (Å²) in [6.45, 7) is 0.241. The number of rotatable bonds is 7. The molecule has 1 aromatic heterocycles. The molecule has 0 unspecified atom stereocenters. The lowest BCUT2D eigenvalue weighted by Crippen LogP contribution is -2.37. The quantitative estimate of drug-likeness (QED) is 0.781. The number of alkyl carbamates (subject to hydrolysis) is 1. The van der Waals surface area contributed by atoms with E-state index < -0.39 is 6.09 Å². The lowest BCUT2D eigenvalue weighted by Gasteiger charge is -2.11. The average molecular weight is 343 g/mol. The molecule has 1 heterocycles. The van der Waals surface area contributed by atoms with Crippen molar-refractivity contribution in [2.45, 2.75) is 13.2 Å². The second kappa shape index (κ2) is 9.21. The Kier molecular flexibility index (Phi) is 6.70. The summed E-state index contributed by atoms with van der Waals surface area (Å²) >= 11 is 0. The smallest absolute Gasteiger partial charge is 0.407 e. The highest BCUT2D eigenvalue weighted by atomic mass is 16.5. The fourth-order valence-corrected chi connectivity index (χ4v) is 1.88. The van der Waals surface area contributed by atoms with Crippen LogP contribution < -0.4 is 15.5 Å². The number of benzene rings is 1. The summed E-state index contributed by atoms with van der Waals surface area (Å²) in [7, 11) is 3.67. The molecule has 0 bridgehead atoms. The SMILES string of the molecule is CN(C)c1nccc(CNC(=O)CNC(=O)OCc2ccccc2)n1. The Labute approximate surface area is 146 Å². The summed E-state index contributed by atoms with van der Waals surface area (Å²) in [5.74, 6) is 0.232. The number of hydrogen-bond acceptors (Lipinski definition) is 6. The van der Waals surface area contributed by atoms with Crippen molar-refractivity contribution >= 4 is 17.9 Å². The van der Waals surface area contributed by atoms with Crippen molar-refractivity contribution in [1.29, 1.82) is 0 Å². The predicted molar refractivity (Wildman–Crippen MR) is 92.8 cm³/mol. The highest BCUT2D eigenvalue weighted by molar-refractivity contribution is 5.82. The standard InChI is InChI=1S/C17H21N5O3/c1-22(2)16-18-9-8-14(21-16)10-19-15(23)11-20-17(24)25-12-13-6-4-3-5-7-13/h3-9H,10-12H2,1-2H3,(H,19,23)(H,20,24). The molecule has 8 nitrogen and oxygen atoms in total. The number of carbonyl (C=O) groups is 2. The fraction of sp³-hybridized carbons (Fsp3) is 0.294. The molecule has 0 aliphatic carbocycles. The topological polar surface area (TPSA) is 96.5 Å². The largest absolute Gasteiger partial charge is 0.445 e. The van der Waals surface area contributed by atoms with Gasteiger partial charge in [-0.3, -0.25) is 4.79 Å². The molecule has 0 radical (unpaired) electrons. The number of ether oxygens (including phenoxy) is 1. The van der Waals surface area contributed by atoms with Crippen molar-refractivity contribution < 1.29 is 14.3 Å². The fourth-order valence-electron chi connectivity index (χ4n) is 1.88. The molecule has 2 aromatic rings. The molecule has 0 aliphatic heterocycles. The number of hydrogen-bond donors (Lipinski definition) is 2. The molecular formula is C17H21N5O3. The molecule has 2 N–H and O–H groups in total. The minimum atomic E-state index is -0.643. The number of carbonyl (C=O) groups excluding carboxylic acids is 2. The minimum Gasteiger partial charge on any atom is -0.445 e. The van der Waals surface area contributed by atoms with E-state index in [1.807, 2.05) is 44.4 Å². The van der Waals surface area contributed by atoms with Crippen LogP contribution in [-0.4, -0.2) is 42.6 Å². The Morgan fingerprint density at radius 2 is 1.88 bits per heavy atom. The van der Waals surface area contributed by atoms with Gasteiger partial charge in [0.2, 0.25) is 11.9 Å².